The Balaban J connectivity index is 1.58. The molecule has 2 atom stereocenters. The van der Waals surface area contributed by atoms with Gasteiger partial charge in [-0.3, -0.25) is 4.99 Å². The van der Waals surface area contributed by atoms with Gasteiger partial charge in [0.1, 0.15) is 5.84 Å². The molecule has 7 N–H and O–H groups in total. The predicted molar refractivity (Wildman–Crippen MR) is 111 cm³/mol. The van der Waals surface area contributed by atoms with E-state index >= 15 is 0 Å². The van der Waals surface area contributed by atoms with Crippen molar-refractivity contribution < 1.29 is 10.2 Å². The first-order valence-electron chi connectivity index (χ1n) is 10.1. The van der Waals surface area contributed by atoms with Crippen molar-refractivity contribution in [1.82, 2.24) is 10.6 Å². The number of rotatable bonds is 12. The van der Waals surface area contributed by atoms with Crippen molar-refractivity contribution in [1.29, 1.82) is 0 Å². The first kappa shape index (κ1) is 21.8. The molecule has 0 bridgehead atoms. The topological polar surface area (TPSA) is 115 Å². The predicted octanol–water partition coefficient (Wildman–Crippen LogP) is 0.473. The first-order valence-corrected chi connectivity index (χ1v) is 10.1. The van der Waals surface area contributed by atoms with E-state index in [-0.39, 0.29) is 0 Å². The highest BCUT2D eigenvalue weighted by atomic mass is 16.3. The van der Waals surface area contributed by atoms with Crippen LogP contribution in [0.4, 0.5) is 5.69 Å². The molecular formula is C20H35N5O2. The Labute approximate surface area is 162 Å². The van der Waals surface area contributed by atoms with Gasteiger partial charge in [-0.25, -0.2) is 0 Å². The van der Waals surface area contributed by atoms with E-state index in [9.17, 15) is 10.2 Å². The summed E-state index contributed by atoms with van der Waals surface area (Å²) >= 11 is 0. The Morgan fingerprint density at radius 2 is 1.74 bits per heavy atom. The summed E-state index contributed by atoms with van der Waals surface area (Å²) in [6.07, 6.45) is 3.39. The van der Waals surface area contributed by atoms with Crippen LogP contribution in [0, 0.1) is 0 Å². The average molecular weight is 378 g/mol. The molecule has 1 aliphatic rings. The van der Waals surface area contributed by atoms with E-state index in [1.807, 2.05) is 6.07 Å². The lowest BCUT2D eigenvalue weighted by Crippen LogP contribution is -2.42. The van der Waals surface area contributed by atoms with Gasteiger partial charge in [-0.1, -0.05) is 18.2 Å². The zero-order valence-corrected chi connectivity index (χ0v) is 16.2. The van der Waals surface area contributed by atoms with Crippen LogP contribution in [0.25, 0.3) is 0 Å². The van der Waals surface area contributed by atoms with Gasteiger partial charge in [0, 0.05) is 31.7 Å². The second-order valence-corrected chi connectivity index (χ2v) is 7.00. The normalized spacial score (nSPS) is 17.8. The molecule has 27 heavy (non-hydrogen) atoms. The lowest BCUT2D eigenvalue weighted by Gasteiger charge is -2.18. The van der Waals surface area contributed by atoms with Crippen molar-refractivity contribution in [2.75, 3.05) is 44.6 Å². The Bertz CT molecular complexity index is 567. The number of nitrogens with one attached hydrogen (secondary N) is 3. The van der Waals surface area contributed by atoms with Crippen LogP contribution in [0.15, 0.2) is 29.3 Å². The largest absolute Gasteiger partial charge is 0.389 e. The number of amidine groups is 1. The van der Waals surface area contributed by atoms with E-state index in [0.29, 0.717) is 19.6 Å². The maximum atomic E-state index is 9.94. The molecule has 7 nitrogen and oxygen atoms in total. The molecule has 152 valence electrons. The number of hydrogen-bond acceptors (Lipinski definition) is 6. The van der Waals surface area contributed by atoms with E-state index in [2.05, 4.69) is 39.1 Å². The van der Waals surface area contributed by atoms with E-state index in [1.165, 1.54) is 11.3 Å². The lowest BCUT2D eigenvalue weighted by atomic mass is 10.1. The molecule has 0 unspecified atom stereocenters. The van der Waals surface area contributed by atoms with Crippen LogP contribution in [-0.4, -0.2) is 67.5 Å². The molecule has 2 rings (SSSR count). The number of benzene rings is 1. The van der Waals surface area contributed by atoms with Crippen LogP contribution in [0.1, 0.15) is 31.2 Å². The molecule has 7 heteroatoms. The summed E-state index contributed by atoms with van der Waals surface area (Å²) in [6, 6.07) is 8.40. The maximum Gasteiger partial charge on any atom is 0.101 e. The van der Waals surface area contributed by atoms with E-state index in [4.69, 9.17) is 5.73 Å². The Kier molecular flexibility index (Phi) is 10.3. The van der Waals surface area contributed by atoms with Gasteiger partial charge in [0.2, 0.25) is 0 Å². The monoisotopic (exact) mass is 377 g/mol. The fourth-order valence-corrected chi connectivity index (χ4v) is 3.06. The number of aliphatic hydroxyl groups excluding tert-OH is 2. The number of hydrogen-bond donors (Lipinski definition) is 6. The third-order valence-electron chi connectivity index (χ3n) is 4.68. The molecule has 0 amide bonds. The molecule has 0 saturated heterocycles. The van der Waals surface area contributed by atoms with Crippen LogP contribution in [0.3, 0.4) is 0 Å². The number of para-hydroxylation sites is 1. The van der Waals surface area contributed by atoms with Crippen LogP contribution < -0.4 is 21.7 Å². The number of nitrogens with two attached hydrogens (primary N) is 1. The molecule has 0 aromatic heterocycles. The zero-order valence-electron chi connectivity index (χ0n) is 16.2. The van der Waals surface area contributed by atoms with Crippen molar-refractivity contribution in [2.45, 2.75) is 44.3 Å². The van der Waals surface area contributed by atoms with Crippen LogP contribution in [0.5, 0.6) is 0 Å². The van der Waals surface area contributed by atoms with Crippen molar-refractivity contribution >= 4 is 11.5 Å². The number of anilines is 1. The molecule has 0 aliphatic carbocycles. The van der Waals surface area contributed by atoms with Crippen LogP contribution in [-0.2, 0) is 6.42 Å². The van der Waals surface area contributed by atoms with Gasteiger partial charge >= 0.3 is 0 Å². The highest BCUT2D eigenvalue weighted by Crippen LogP contribution is 2.21. The van der Waals surface area contributed by atoms with Gasteiger partial charge in [0.05, 0.1) is 12.2 Å². The molecule has 1 aromatic carbocycles. The molecule has 1 aromatic rings. The third-order valence-corrected chi connectivity index (χ3v) is 4.68. The summed E-state index contributed by atoms with van der Waals surface area (Å²) < 4.78 is 0. The van der Waals surface area contributed by atoms with Gasteiger partial charge < -0.3 is 31.9 Å². The van der Waals surface area contributed by atoms with Crippen LogP contribution in [0.2, 0.25) is 0 Å². The summed E-state index contributed by atoms with van der Waals surface area (Å²) in [4.78, 5) is 4.69. The van der Waals surface area contributed by atoms with Gasteiger partial charge in [0.15, 0.2) is 0 Å². The minimum absolute atomic E-state index is 0.377. The van der Waals surface area contributed by atoms with Crippen LogP contribution >= 0.6 is 0 Å². The maximum absolute atomic E-state index is 9.94. The van der Waals surface area contributed by atoms with E-state index in [1.54, 1.807) is 0 Å². The minimum atomic E-state index is -0.776. The number of nitrogens with zero attached hydrogens (tertiary/aromatic N) is 1. The Hall–Kier alpha value is -1.51. The Morgan fingerprint density at radius 1 is 1.04 bits per heavy atom. The van der Waals surface area contributed by atoms with Crippen molar-refractivity contribution in [3.05, 3.63) is 29.8 Å². The molecular weight excluding hydrogens is 342 g/mol. The molecule has 1 aliphatic heterocycles. The molecule has 1 heterocycles. The SMILES string of the molecule is NCCCNC[C@H](O)[C@H](O)CNCCCN=C1CCCc2ccccc2N1. The summed E-state index contributed by atoms with van der Waals surface area (Å²) in [5, 5.41) is 29.6. The lowest BCUT2D eigenvalue weighted by molar-refractivity contribution is 0.0211. The van der Waals surface area contributed by atoms with Crippen molar-refractivity contribution in [3.63, 3.8) is 0 Å². The highest BCUT2D eigenvalue weighted by molar-refractivity contribution is 5.96. The molecule has 0 radical (unpaired) electrons. The summed E-state index contributed by atoms with van der Waals surface area (Å²) in [5.41, 5.74) is 7.94. The van der Waals surface area contributed by atoms with Crippen molar-refractivity contribution in [3.8, 4) is 0 Å². The quantitative estimate of drug-likeness (QED) is 0.295. The van der Waals surface area contributed by atoms with E-state index < -0.39 is 12.2 Å². The fourth-order valence-electron chi connectivity index (χ4n) is 3.06. The fraction of sp³-hybridized carbons (Fsp3) is 0.650. The van der Waals surface area contributed by atoms with Gasteiger partial charge in [-0.05, 0) is 56.9 Å². The molecule has 0 spiro atoms. The first-order chi connectivity index (χ1) is 13.2. The van der Waals surface area contributed by atoms with Crippen molar-refractivity contribution in [2.24, 2.45) is 10.7 Å². The molecule has 0 saturated carbocycles. The minimum Gasteiger partial charge on any atom is -0.389 e. The average Bonchev–Trinajstić information content (AvgIpc) is 2.89. The summed E-state index contributed by atoms with van der Waals surface area (Å²) in [6.45, 7) is 3.64. The second-order valence-electron chi connectivity index (χ2n) is 7.00. The summed E-state index contributed by atoms with van der Waals surface area (Å²) in [5.74, 6) is 1.05. The summed E-state index contributed by atoms with van der Waals surface area (Å²) in [7, 11) is 0. The number of fused-ring (bicyclic) bond motifs is 1. The van der Waals surface area contributed by atoms with Gasteiger partial charge in [-0.2, -0.15) is 0 Å². The van der Waals surface area contributed by atoms with Gasteiger partial charge in [0.25, 0.3) is 0 Å². The Morgan fingerprint density at radius 3 is 2.48 bits per heavy atom. The number of aliphatic hydroxyl groups is 2. The highest BCUT2D eigenvalue weighted by Gasteiger charge is 2.15. The van der Waals surface area contributed by atoms with Gasteiger partial charge in [-0.15, -0.1) is 0 Å². The third kappa shape index (κ3) is 8.36. The number of aryl methyl sites for hydroxylation is 1. The van der Waals surface area contributed by atoms with E-state index in [0.717, 1.165) is 57.6 Å². The zero-order chi connectivity index (χ0) is 19.3. The number of aliphatic imine (C=N–C) groups is 1. The molecule has 0 fully saturated rings. The smallest absolute Gasteiger partial charge is 0.101 e. The second kappa shape index (κ2) is 12.8. The standard InChI is InChI=1S/C20H35N5O2/c21-10-4-11-22-14-18(26)19(27)15-23-12-5-13-24-20-9-3-7-16-6-1-2-8-17(16)25-20/h1-2,6,8,18-19,22-23,26-27H,3-5,7,9-15,21H2,(H,24,25)/t18-,19+/m0/s1.